The predicted octanol–water partition coefficient (Wildman–Crippen LogP) is 1.45. The number of anilines is 4. The lowest BCUT2D eigenvalue weighted by atomic mass is 10.0. The summed E-state index contributed by atoms with van der Waals surface area (Å²) in [6.07, 6.45) is 4.81. The third kappa shape index (κ3) is 3.52. The second-order valence-electron chi connectivity index (χ2n) is 7.30. The number of sulfonamides is 1. The van der Waals surface area contributed by atoms with Gasteiger partial charge in [0, 0.05) is 19.8 Å². The molecular formula is C18H22N6O3S. The van der Waals surface area contributed by atoms with Gasteiger partial charge in [-0.15, -0.1) is 0 Å². The number of rotatable bonds is 5. The summed E-state index contributed by atoms with van der Waals surface area (Å²) < 4.78 is 22.7. The van der Waals surface area contributed by atoms with Crippen molar-refractivity contribution in [3.05, 3.63) is 30.5 Å². The first kappa shape index (κ1) is 18.6. The van der Waals surface area contributed by atoms with Crippen LogP contribution in [0.4, 0.5) is 23.1 Å². The van der Waals surface area contributed by atoms with Crippen molar-refractivity contribution in [3.8, 4) is 0 Å². The second kappa shape index (κ2) is 6.71. The lowest BCUT2D eigenvalue weighted by Gasteiger charge is -2.38. The van der Waals surface area contributed by atoms with E-state index in [-0.39, 0.29) is 16.8 Å². The summed E-state index contributed by atoms with van der Waals surface area (Å²) in [7, 11) is -0.107. The Morgan fingerprint density at radius 3 is 2.50 bits per heavy atom. The molecule has 1 aromatic carbocycles. The van der Waals surface area contributed by atoms with Gasteiger partial charge in [-0.05, 0) is 36.6 Å². The molecule has 0 spiro atoms. The van der Waals surface area contributed by atoms with E-state index in [0.717, 1.165) is 6.42 Å². The van der Waals surface area contributed by atoms with Gasteiger partial charge in [-0.25, -0.2) is 18.5 Å². The molecule has 2 aliphatic rings. The fraction of sp³-hybridized carbons (Fsp3) is 0.389. The summed E-state index contributed by atoms with van der Waals surface area (Å²) >= 11 is 0. The molecule has 0 radical (unpaired) electrons. The molecule has 1 unspecified atom stereocenters. The molecule has 3 N–H and O–H groups in total. The zero-order valence-corrected chi connectivity index (χ0v) is 16.5. The molecule has 1 amide bonds. The molecule has 0 bridgehead atoms. The largest absolute Gasteiger partial charge is 0.346 e. The molecule has 1 atom stereocenters. The van der Waals surface area contributed by atoms with Crippen molar-refractivity contribution in [2.24, 2.45) is 11.1 Å². The number of nitrogens with one attached hydrogen (secondary N) is 1. The van der Waals surface area contributed by atoms with Crippen LogP contribution in [-0.4, -0.2) is 44.4 Å². The number of carbonyl (C=O) groups is 1. The monoisotopic (exact) mass is 402 g/mol. The normalized spacial score (nSPS) is 19.5. The van der Waals surface area contributed by atoms with Crippen LogP contribution in [0.1, 0.15) is 19.3 Å². The van der Waals surface area contributed by atoms with Gasteiger partial charge in [0.05, 0.1) is 11.1 Å². The van der Waals surface area contributed by atoms with Crippen LogP contribution < -0.4 is 20.3 Å². The SMILES string of the molecule is CN1C(=O)C(CC2CC2)N(C)c2nc(Nc3ccc(S(N)(=O)=O)cc3)ncc21. The Kier molecular flexibility index (Phi) is 4.47. The summed E-state index contributed by atoms with van der Waals surface area (Å²) in [6, 6.07) is 5.80. The Balaban J connectivity index is 1.59. The van der Waals surface area contributed by atoms with Crippen LogP contribution in [0.3, 0.4) is 0 Å². The zero-order chi connectivity index (χ0) is 20.1. The molecular weight excluding hydrogens is 380 g/mol. The quantitative estimate of drug-likeness (QED) is 0.776. The molecule has 2 heterocycles. The number of nitrogens with zero attached hydrogens (tertiary/aromatic N) is 4. The van der Waals surface area contributed by atoms with Crippen LogP contribution in [0, 0.1) is 5.92 Å². The van der Waals surface area contributed by atoms with Crippen LogP contribution in [0.5, 0.6) is 0 Å². The fourth-order valence-electron chi connectivity index (χ4n) is 3.36. The van der Waals surface area contributed by atoms with E-state index in [1.807, 2.05) is 11.9 Å². The van der Waals surface area contributed by atoms with Crippen LogP contribution >= 0.6 is 0 Å². The van der Waals surface area contributed by atoms with Crippen molar-refractivity contribution >= 4 is 39.1 Å². The smallest absolute Gasteiger partial charge is 0.249 e. The topological polar surface area (TPSA) is 122 Å². The molecule has 2 aromatic rings. The third-order valence-electron chi connectivity index (χ3n) is 5.22. The first-order valence-electron chi connectivity index (χ1n) is 9.01. The number of amides is 1. The standard InChI is InChI=1S/C18H22N6O3S/c1-23-14(9-11-3-4-11)17(25)24(2)15-10-20-18(22-16(15)23)21-12-5-7-13(8-6-12)28(19,26)27/h5-8,10-11,14H,3-4,9H2,1-2H3,(H2,19,26,27)(H,20,21,22). The van der Waals surface area contributed by atoms with Crippen molar-refractivity contribution in [3.63, 3.8) is 0 Å². The Hall–Kier alpha value is -2.72. The number of primary sulfonamides is 1. The highest BCUT2D eigenvalue weighted by Crippen LogP contribution is 2.40. The van der Waals surface area contributed by atoms with Gasteiger partial charge in [-0.2, -0.15) is 4.98 Å². The Morgan fingerprint density at radius 1 is 1.21 bits per heavy atom. The number of hydrogen-bond acceptors (Lipinski definition) is 7. The maximum absolute atomic E-state index is 12.7. The number of nitrogens with two attached hydrogens (primary N) is 1. The van der Waals surface area contributed by atoms with Crippen LogP contribution in [0.2, 0.25) is 0 Å². The average molecular weight is 402 g/mol. The number of likely N-dealkylation sites (N-methyl/N-ethyl adjacent to an activating group) is 2. The van der Waals surface area contributed by atoms with Gasteiger partial charge >= 0.3 is 0 Å². The second-order valence-corrected chi connectivity index (χ2v) is 8.86. The Morgan fingerprint density at radius 2 is 1.89 bits per heavy atom. The van der Waals surface area contributed by atoms with E-state index in [1.165, 1.54) is 25.0 Å². The van der Waals surface area contributed by atoms with Crippen LogP contribution in [0.25, 0.3) is 0 Å². The van der Waals surface area contributed by atoms with Gasteiger partial charge in [0.15, 0.2) is 5.82 Å². The highest BCUT2D eigenvalue weighted by molar-refractivity contribution is 7.89. The highest BCUT2D eigenvalue weighted by Gasteiger charge is 2.39. The summed E-state index contributed by atoms with van der Waals surface area (Å²) in [4.78, 5) is 25.2. The molecule has 9 nitrogen and oxygen atoms in total. The number of fused-ring (bicyclic) bond motifs is 1. The van der Waals surface area contributed by atoms with Crippen LogP contribution in [-0.2, 0) is 14.8 Å². The first-order valence-corrected chi connectivity index (χ1v) is 10.6. The first-order chi connectivity index (χ1) is 13.2. The van der Waals surface area contributed by atoms with Crippen molar-refractivity contribution < 1.29 is 13.2 Å². The van der Waals surface area contributed by atoms with Crippen molar-refractivity contribution in [1.29, 1.82) is 0 Å². The lowest BCUT2D eigenvalue weighted by Crippen LogP contribution is -2.51. The molecule has 10 heteroatoms. The minimum Gasteiger partial charge on any atom is -0.346 e. The fourth-order valence-corrected chi connectivity index (χ4v) is 3.88. The van der Waals surface area contributed by atoms with E-state index >= 15 is 0 Å². The molecule has 1 saturated carbocycles. The molecule has 28 heavy (non-hydrogen) atoms. The number of carbonyl (C=O) groups excluding carboxylic acids is 1. The summed E-state index contributed by atoms with van der Waals surface area (Å²) in [5.74, 6) is 1.72. The van der Waals surface area contributed by atoms with Gasteiger partial charge in [-0.3, -0.25) is 4.79 Å². The Bertz CT molecular complexity index is 1020. The van der Waals surface area contributed by atoms with E-state index in [2.05, 4.69) is 15.3 Å². The molecule has 1 aromatic heterocycles. The molecule has 0 saturated heterocycles. The van der Waals surface area contributed by atoms with E-state index in [0.29, 0.717) is 29.1 Å². The molecule has 148 valence electrons. The predicted molar refractivity (Wildman–Crippen MR) is 106 cm³/mol. The number of benzene rings is 1. The highest BCUT2D eigenvalue weighted by atomic mass is 32.2. The minimum absolute atomic E-state index is 0.0344. The molecule has 1 aliphatic carbocycles. The maximum Gasteiger partial charge on any atom is 0.249 e. The Labute approximate surface area is 163 Å². The number of hydrogen-bond donors (Lipinski definition) is 2. The molecule has 1 aliphatic heterocycles. The van der Waals surface area contributed by atoms with Crippen molar-refractivity contribution in [2.45, 2.75) is 30.2 Å². The number of aromatic nitrogens is 2. The summed E-state index contributed by atoms with van der Waals surface area (Å²) in [5, 5.41) is 8.18. The summed E-state index contributed by atoms with van der Waals surface area (Å²) in [5.41, 5.74) is 1.29. The van der Waals surface area contributed by atoms with Crippen molar-refractivity contribution in [2.75, 3.05) is 29.2 Å². The van der Waals surface area contributed by atoms with Gasteiger partial charge in [-0.1, -0.05) is 12.8 Å². The molecule has 1 fully saturated rings. The van der Waals surface area contributed by atoms with E-state index in [9.17, 15) is 13.2 Å². The van der Waals surface area contributed by atoms with Gasteiger partial charge < -0.3 is 15.1 Å². The van der Waals surface area contributed by atoms with Gasteiger partial charge in [0.2, 0.25) is 21.9 Å². The van der Waals surface area contributed by atoms with Gasteiger partial charge in [0.25, 0.3) is 0 Å². The lowest BCUT2D eigenvalue weighted by molar-refractivity contribution is -0.120. The third-order valence-corrected chi connectivity index (χ3v) is 6.15. The van der Waals surface area contributed by atoms with Crippen LogP contribution in [0.15, 0.2) is 35.4 Å². The minimum atomic E-state index is -3.74. The maximum atomic E-state index is 12.7. The van der Waals surface area contributed by atoms with E-state index in [1.54, 1.807) is 30.3 Å². The van der Waals surface area contributed by atoms with Gasteiger partial charge in [0.1, 0.15) is 11.7 Å². The molecule has 4 rings (SSSR count). The summed E-state index contributed by atoms with van der Waals surface area (Å²) in [6.45, 7) is 0. The van der Waals surface area contributed by atoms with E-state index < -0.39 is 10.0 Å². The van der Waals surface area contributed by atoms with E-state index in [4.69, 9.17) is 5.14 Å². The zero-order valence-electron chi connectivity index (χ0n) is 15.7. The van der Waals surface area contributed by atoms with Crippen molar-refractivity contribution in [1.82, 2.24) is 9.97 Å². The average Bonchev–Trinajstić information content (AvgIpc) is 3.47.